The van der Waals surface area contributed by atoms with Crippen molar-refractivity contribution in [2.24, 2.45) is 5.18 Å². The van der Waals surface area contributed by atoms with Crippen molar-refractivity contribution in [2.75, 3.05) is 0 Å². The SMILES string of the molecule is Cc1nnnn1C(N=O)c1ccc(C(C)(C)C)cc1. The summed E-state index contributed by atoms with van der Waals surface area (Å²) < 4.78 is 1.42. The third-order valence-corrected chi connectivity index (χ3v) is 3.06. The molecule has 0 aliphatic heterocycles. The number of rotatable bonds is 3. The molecule has 6 heteroatoms. The first kappa shape index (κ1) is 13.3. The van der Waals surface area contributed by atoms with Gasteiger partial charge in [0.05, 0.1) is 0 Å². The van der Waals surface area contributed by atoms with E-state index in [2.05, 4.69) is 41.5 Å². The first-order chi connectivity index (χ1) is 8.93. The topological polar surface area (TPSA) is 73.0 Å². The van der Waals surface area contributed by atoms with Crippen LogP contribution in [0.4, 0.5) is 0 Å². The van der Waals surface area contributed by atoms with Crippen LogP contribution in [0.25, 0.3) is 0 Å². The largest absolute Gasteiger partial charge is 0.212 e. The standard InChI is InChI=1S/C13H17N5O/c1-9-14-16-17-18(9)12(15-19)10-5-7-11(8-6-10)13(2,3)4/h5-8,12H,1-4H3. The minimum Gasteiger partial charge on any atom is -0.197 e. The van der Waals surface area contributed by atoms with Crippen LogP contribution in [-0.2, 0) is 5.41 Å². The maximum absolute atomic E-state index is 11.1. The molecule has 0 bridgehead atoms. The molecule has 100 valence electrons. The zero-order chi connectivity index (χ0) is 14.0. The molecule has 1 aromatic heterocycles. The van der Waals surface area contributed by atoms with E-state index in [-0.39, 0.29) is 5.41 Å². The molecule has 2 rings (SSSR count). The molecule has 1 aromatic carbocycles. The maximum Gasteiger partial charge on any atom is 0.212 e. The van der Waals surface area contributed by atoms with E-state index in [0.29, 0.717) is 5.82 Å². The van der Waals surface area contributed by atoms with Crippen LogP contribution in [-0.4, -0.2) is 20.2 Å². The second-order valence-electron chi connectivity index (χ2n) is 5.52. The molecule has 0 aliphatic rings. The number of tetrazole rings is 1. The summed E-state index contributed by atoms with van der Waals surface area (Å²) in [6, 6.07) is 7.81. The van der Waals surface area contributed by atoms with Crippen molar-refractivity contribution in [3.63, 3.8) is 0 Å². The van der Waals surface area contributed by atoms with Crippen molar-refractivity contribution in [1.29, 1.82) is 0 Å². The Morgan fingerprint density at radius 3 is 2.26 bits per heavy atom. The van der Waals surface area contributed by atoms with Crippen LogP contribution in [0.3, 0.4) is 0 Å². The zero-order valence-corrected chi connectivity index (χ0v) is 11.5. The number of aryl methyl sites for hydroxylation is 1. The molecule has 0 fully saturated rings. The molecule has 0 amide bonds. The first-order valence-corrected chi connectivity index (χ1v) is 6.11. The quantitative estimate of drug-likeness (QED) is 0.794. The molecule has 19 heavy (non-hydrogen) atoms. The van der Waals surface area contributed by atoms with Gasteiger partial charge in [0.25, 0.3) is 0 Å². The van der Waals surface area contributed by atoms with Crippen LogP contribution in [0.5, 0.6) is 0 Å². The van der Waals surface area contributed by atoms with Crippen molar-refractivity contribution in [3.05, 3.63) is 46.1 Å². The second-order valence-corrected chi connectivity index (χ2v) is 5.52. The fourth-order valence-corrected chi connectivity index (χ4v) is 1.87. The normalized spacial score (nSPS) is 13.3. The fraction of sp³-hybridized carbons (Fsp3) is 0.462. The molecular weight excluding hydrogens is 242 g/mol. The van der Waals surface area contributed by atoms with Gasteiger partial charge < -0.3 is 0 Å². The van der Waals surface area contributed by atoms with Gasteiger partial charge in [0.2, 0.25) is 6.17 Å². The maximum atomic E-state index is 11.1. The van der Waals surface area contributed by atoms with Gasteiger partial charge in [-0.3, -0.25) is 0 Å². The third kappa shape index (κ3) is 2.67. The highest BCUT2D eigenvalue weighted by Crippen LogP contribution is 2.25. The van der Waals surface area contributed by atoms with E-state index in [4.69, 9.17) is 0 Å². The van der Waals surface area contributed by atoms with Crippen LogP contribution in [0.15, 0.2) is 29.4 Å². The van der Waals surface area contributed by atoms with Crippen molar-refractivity contribution in [1.82, 2.24) is 20.2 Å². The van der Waals surface area contributed by atoms with Gasteiger partial charge in [-0.25, -0.2) is 0 Å². The van der Waals surface area contributed by atoms with Crippen LogP contribution >= 0.6 is 0 Å². The summed E-state index contributed by atoms with van der Waals surface area (Å²) in [6.45, 7) is 8.16. The Hall–Kier alpha value is -2.11. The highest BCUT2D eigenvalue weighted by atomic mass is 16.3. The number of hydrogen-bond acceptors (Lipinski definition) is 5. The molecule has 6 nitrogen and oxygen atoms in total. The van der Waals surface area contributed by atoms with E-state index < -0.39 is 6.17 Å². The monoisotopic (exact) mass is 259 g/mol. The van der Waals surface area contributed by atoms with Crippen molar-refractivity contribution < 1.29 is 0 Å². The average Bonchev–Trinajstić information content (AvgIpc) is 2.76. The Kier molecular flexibility index (Phi) is 3.42. The van der Waals surface area contributed by atoms with E-state index in [9.17, 15) is 4.91 Å². The Morgan fingerprint density at radius 2 is 1.84 bits per heavy atom. The lowest BCUT2D eigenvalue weighted by Gasteiger charge is -2.19. The second kappa shape index (κ2) is 4.87. The number of benzene rings is 1. The van der Waals surface area contributed by atoms with Gasteiger partial charge in [-0.15, -0.1) is 10.0 Å². The van der Waals surface area contributed by atoms with Crippen molar-refractivity contribution in [3.8, 4) is 0 Å². The minimum absolute atomic E-state index is 0.0767. The number of aromatic nitrogens is 4. The Balaban J connectivity index is 2.35. The Labute approximate surface area is 111 Å². The van der Waals surface area contributed by atoms with E-state index >= 15 is 0 Å². The van der Waals surface area contributed by atoms with E-state index in [1.807, 2.05) is 24.3 Å². The molecule has 1 atom stereocenters. The predicted molar refractivity (Wildman–Crippen MR) is 71.6 cm³/mol. The van der Waals surface area contributed by atoms with Gasteiger partial charge in [-0.2, -0.15) is 4.68 Å². The molecule has 0 saturated carbocycles. The molecule has 0 aliphatic carbocycles. The average molecular weight is 259 g/mol. The first-order valence-electron chi connectivity index (χ1n) is 6.11. The third-order valence-electron chi connectivity index (χ3n) is 3.06. The molecule has 0 spiro atoms. The molecule has 1 unspecified atom stereocenters. The smallest absolute Gasteiger partial charge is 0.197 e. The zero-order valence-electron chi connectivity index (χ0n) is 11.5. The molecule has 2 aromatic rings. The van der Waals surface area contributed by atoms with Gasteiger partial charge in [-0.05, 0) is 33.5 Å². The summed E-state index contributed by atoms with van der Waals surface area (Å²) in [7, 11) is 0. The molecule has 1 heterocycles. The lowest BCUT2D eigenvalue weighted by molar-refractivity contribution is 0.509. The molecule has 0 radical (unpaired) electrons. The highest BCUT2D eigenvalue weighted by Gasteiger charge is 2.19. The number of hydrogen-bond donors (Lipinski definition) is 0. The predicted octanol–water partition coefficient (Wildman–Crippen LogP) is 2.59. The van der Waals surface area contributed by atoms with E-state index in [1.165, 1.54) is 10.2 Å². The van der Waals surface area contributed by atoms with Crippen LogP contribution < -0.4 is 0 Å². The van der Waals surface area contributed by atoms with E-state index in [0.717, 1.165) is 5.56 Å². The van der Waals surface area contributed by atoms with Crippen LogP contribution in [0.2, 0.25) is 0 Å². The summed E-state index contributed by atoms with van der Waals surface area (Å²) in [6.07, 6.45) is -0.719. The lowest BCUT2D eigenvalue weighted by atomic mass is 9.86. The number of nitroso groups, excluding NO2 is 1. The van der Waals surface area contributed by atoms with Gasteiger partial charge in [-0.1, -0.05) is 45.0 Å². The summed E-state index contributed by atoms with van der Waals surface area (Å²) in [5.74, 6) is 0.560. The van der Waals surface area contributed by atoms with Crippen molar-refractivity contribution in [2.45, 2.75) is 39.3 Å². The Bertz CT molecular complexity index is 567. The van der Waals surface area contributed by atoms with Gasteiger partial charge in [0.15, 0.2) is 5.82 Å². The molecule has 0 N–H and O–H groups in total. The number of nitrogens with zero attached hydrogens (tertiary/aromatic N) is 5. The van der Waals surface area contributed by atoms with Gasteiger partial charge in [0, 0.05) is 5.56 Å². The molecule has 0 saturated heterocycles. The minimum atomic E-state index is -0.719. The van der Waals surface area contributed by atoms with Crippen LogP contribution in [0.1, 0.15) is 43.9 Å². The van der Waals surface area contributed by atoms with Gasteiger partial charge in [0.1, 0.15) is 0 Å². The highest BCUT2D eigenvalue weighted by molar-refractivity contribution is 5.29. The van der Waals surface area contributed by atoms with E-state index in [1.54, 1.807) is 6.92 Å². The summed E-state index contributed by atoms with van der Waals surface area (Å²) in [5.41, 5.74) is 2.06. The van der Waals surface area contributed by atoms with Gasteiger partial charge >= 0.3 is 0 Å². The summed E-state index contributed by atoms with van der Waals surface area (Å²) in [5, 5.41) is 14.2. The Morgan fingerprint density at radius 1 is 1.21 bits per heavy atom. The van der Waals surface area contributed by atoms with Crippen LogP contribution in [0, 0.1) is 11.8 Å². The summed E-state index contributed by atoms with van der Waals surface area (Å²) in [4.78, 5) is 11.1. The fourth-order valence-electron chi connectivity index (χ4n) is 1.87. The molecular formula is C13H17N5O. The van der Waals surface area contributed by atoms with Crippen molar-refractivity contribution >= 4 is 0 Å². The lowest BCUT2D eigenvalue weighted by Crippen LogP contribution is -2.14. The summed E-state index contributed by atoms with van der Waals surface area (Å²) >= 11 is 0.